The molecule has 0 spiro atoms. The van der Waals surface area contributed by atoms with E-state index in [0.29, 0.717) is 0 Å². The molecule has 2 N–H and O–H groups in total. The van der Waals surface area contributed by atoms with Crippen molar-refractivity contribution in [2.45, 2.75) is 23.0 Å². The van der Waals surface area contributed by atoms with Gasteiger partial charge in [0.15, 0.2) is 0 Å². The zero-order valence-electron chi connectivity index (χ0n) is 9.30. The lowest BCUT2D eigenvalue weighted by Crippen LogP contribution is -2.08. The number of nitrogens with one attached hydrogen (secondary N) is 1. The summed E-state index contributed by atoms with van der Waals surface area (Å²) in [6.07, 6.45) is 1.55. The van der Waals surface area contributed by atoms with Crippen LogP contribution in [0, 0.1) is 4.78 Å². The molecule has 1 atom stereocenters. The van der Waals surface area contributed by atoms with E-state index < -0.39 is 15.7 Å². The maximum atomic E-state index is 12.2. The minimum atomic E-state index is -2.87. The number of carboxylic acid groups (broad SMARTS) is 1. The van der Waals surface area contributed by atoms with Crippen LogP contribution in [0.4, 0.5) is 0 Å². The zero-order chi connectivity index (χ0) is 12.6. The molecular weight excluding hydrogens is 242 g/mol. The molecule has 1 aromatic rings. The summed E-state index contributed by atoms with van der Waals surface area (Å²) in [6.45, 7) is 0. The fraction of sp³-hybridized carbons (Fsp3) is 0.364. The summed E-state index contributed by atoms with van der Waals surface area (Å²) in [5.74, 6) is -0.929. The Morgan fingerprint density at radius 3 is 2.65 bits per heavy atom. The summed E-state index contributed by atoms with van der Waals surface area (Å²) < 4.78 is 24.9. The van der Waals surface area contributed by atoms with Crippen LogP contribution in [0.5, 0.6) is 5.75 Å². The fourth-order valence-electron chi connectivity index (χ4n) is 1.64. The molecule has 6 heteroatoms. The van der Waals surface area contributed by atoms with Gasteiger partial charge >= 0.3 is 5.97 Å². The number of carbonyl (C=O) groups is 1. The highest BCUT2D eigenvalue weighted by molar-refractivity contribution is 7.93. The smallest absolute Gasteiger partial charge is 0.339 e. The van der Waals surface area contributed by atoms with Gasteiger partial charge in [0.2, 0.25) is 0 Å². The van der Waals surface area contributed by atoms with E-state index in [1.165, 1.54) is 25.3 Å². The van der Waals surface area contributed by atoms with E-state index >= 15 is 0 Å². The molecule has 0 amide bonds. The Balaban J connectivity index is 2.51. The van der Waals surface area contributed by atoms with Crippen LogP contribution in [0.3, 0.4) is 0 Å². The van der Waals surface area contributed by atoms with Gasteiger partial charge in [0.05, 0.1) is 16.8 Å². The molecule has 1 unspecified atom stereocenters. The highest BCUT2D eigenvalue weighted by atomic mass is 32.2. The summed E-state index contributed by atoms with van der Waals surface area (Å²) in [4.78, 5) is 11.3. The molecule has 1 aromatic carbocycles. The molecule has 0 radical (unpaired) electrons. The Kier molecular flexibility index (Phi) is 2.82. The van der Waals surface area contributed by atoms with Crippen LogP contribution in [-0.2, 0) is 9.73 Å². The molecule has 0 bridgehead atoms. The molecule has 0 saturated heterocycles. The van der Waals surface area contributed by atoms with Crippen LogP contribution in [-0.4, -0.2) is 27.6 Å². The standard InChI is InChI=1S/C11H13NO4S/c1-16-10-5-4-8(6-9(10)11(13)14)17(12,15)7-2-3-7/h4-7,12H,2-3H2,1H3,(H,13,14). The van der Waals surface area contributed by atoms with Gasteiger partial charge in [-0.05, 0) is 31.0 Å². The Morgan fingerprint density at radius 2 is 2.18 bits per heavy atom. The van der Waals surface area contributed by atoms with Crippen molar-refractivity contribution in [3.63, 3.8) is 0 Å². The molecular formula is C11H13NO4S. The Bertz CT molecular complexity index is 561. The van der Waals surface area contributed by atoms with E-state index in [4.69, 9.17) is 14.6 Å². The second-order valence-electron chi connectivity index (χ2n) is 3.97. The lowest BCUT2D eigenvalue weighted by Gasteiger charge is -2.09. The molecule has 2 rings (SSSR count). The second-order valence-corrected chi connectivity index (χ2v) is 6.31. The number of benzene rings is 1. The van der Waals surface area contributed by atoms with Gasteiger partial charge in [-0.1, -0.05) is 0 Å². The van der Waals surface area contributed by atoms with E-state index in [-0.39, 0.29) is 21.5 Å². The number of carboxylic acids is 1. The van der Waals surface area contributed by atoms with Crippen LogP contribution < -0.4 is 4.74 Å². The highest BCUT2D eigenvalue weighted by Crippen LogP contribution is 2.35. The molecule has 0 aliphatic heterocycles. The van der Waals surface area contributed by atoms with Crippen LogP contribution in [0.15, 0.2) is 23.1 Å². The summed E-state index contributed by atoms with van der Waals surface area (Å²) in [5.41, 5.74) is -0.0503. The van der Waals surface area contributed by atoms with Crippen LogP contribution >= 0.6 is 0 Å². The van der Waals surface area contributed by atoms with Gasteiger partial charge in [0, 0.05) is 10.1 Å². The molecule has 1 aliphatic rings. The largest absolute Gasteiger partial charge is 0.496 e. The molecule has 92 valence electrons. The molecule has 17 heavy (non-hydrogen) atoms. The fourth-order valence-corrected chi connectivity index (χ4v) is 3.38. The summed E-state index contributed by atoms with van der Waals surface area (Å²) >= 11 is 0. The first kappa shape index (κ1) is 11.9. The van der Waals surface area contributed by atoms with Crippen molar-refractivity contribution < 1.29 is 18.8 Å². The average Bonchev–Trinajstić information content (AvgIpc) is 3.12. The average molecular weight is 255 g/mol. The maximum Gasteiger partial charge on any atom is 0.339 e. The molecule has 1 fully saturated rings. The van der Waals surface area contributed by atoms with E-state index in [1.807, 2.05) is 0 Å². The quantitative estimate of drug-likeness (QED) is 0.860. The predicted octanol–water partition coefficient (Wildman–Crippen LogP) is 1.96. The Morgan fingerprint density at radius 1 is 1.53 bits per heavy atom. The van der Waals surface area contributed by atoms with Gasteiger partial charge in [-0.25, -0.2) is 13.8 Å². The van der Waals surface area contributed by atoms with Crippen molar-refractivity contribution in [3.05, 3.63) is 23.8 Å². The van der Waals surface area contributed by atoms with E-state index in [0.717, 1.165) is 12.8 Å². The number of hydrogen-bond acceptors (Lipinski definition) is 4. The first-order valence-corrected chi connectivity index (χ1v) is 6.78. The van der Waals surface area contributed by atoms with Crippen molar-refractivity contribution in [1.29, 1.82) is 4.78 Å². The van der Waals surface area contributed by atoms with Crippen molar-refractivity contribution in [1.82, 2.24) is 0 Å². The third kappa shape index (κ3) is 2.12. The summed E-state index contributed by atoms with van der Waals surface area (Å²) in [6, 6.07) is 4.25. The molecule has 1 saturated carbocycles. The molecule has 0 heterocycles. The van der Waals surface area contributed by atoms with Crippen molar-refractivity contribution in [2.24, 2.45) is 0 Å². The lowest BCUT2D eigenvalue weighted by molar-refractivity contribution is 0.0693. The highest BCUT2D eigenvalue weighted by Gasteiger charge is 2.34. The number of ether oxygens (including phenoxy) is 1. The first-order chi connectivity index (χ1) is 7.96. The van der Waals surface area contributed by atoms with Gasteiger partial charge in [-0.3, -0.25) is 0 Å². The zero-order valence-corrected chi connectivity index (χ0v) is 10.1. The number of methoxy groups -OCH3 is 1. The molecule has 1 aliphatic carbocycles. The van der Waals surface area contributed by atoms with Crippen LogP contribution in [0.2, 0.25) is 0 Å². The van der Waals surface area contributed by atoms with Crippen LogP contribution in [0.1, 0.15) is 23.2 Å². The Labute approximate surface area is 99.4 Å². The number of aromatic carboxylic acids is 1. The Hall–Kier alpha value is -1.56. The lowest BCUT2D eigenvalue weighted by atomic mass is 10.2. The normalized spacial score (nSPS) is 18.4. The van der Waals surface area contributed by atoms with Gasteiger partial charge in [0.1, 0.15) is 11.3 Å². The monoisotopic (exact) mass is 255 g/mol. The minimum Gasteiger partial charge on any atom is -0.496 e. The third-order valence-corrected chi connectivity index (χ3v) is 5.11. The summed E-state index contributed by atoms with van der Waals surface area (Å²) in [5, 5.41) is 8.88. The number of rotatable bonds is 4. The van der Waals surface area contributed by atoms with Crippen molar-refractivity contribution in [2.75, 3.05) is 7.11 Å². The van der Waals surface area contributed by atoms with Gasteiger partial charge in [-0.2, -0.15) is 0 Å². The van der Waals surface area contributed by atoms with E-state index in [9.17, 15) is 9.00 Å². The van der Waals surface area contributed by atoms with Crippen molar-refractivity contribution >= 4 is 15.7 Å². The minimum absolute atomic E-state index is 0.0503. The first-order valence-electron chi connectivity index (χ1n) is 5.16. The van der Waals surface area contributed by atoms with E-state index in [2.05, 4.69) is 0 Å². The SMILES string of the molecule is COc1ccc(S(=N)(=O)C2CC2)cc1C(=O)O. The van der Waals surface area contributed by atoms with Gasteiger partial charge < -0.3 is 9.84 Å². The molecule has 5 nitrogen and oxygen atoms in total. The van der Waals surface area contributed by atoms with E-state index in [1.54, 1.807) is 0 Å². The topological polar surface area (TPSA) is 87.5 Å². The molecule has 0 aromatic heterocycles. The second kappa shape index (κ2) is 4.03. The van der Waals surface area contributed by atoms with Crippen molar-refractivity contribution in [3.8, 4) is 5.75 Å². The maximum absolute atomic E-state index is 12.2. The number of hydrogen-bond donors (Lipinski definition) is 2. The van der Waals surface area contributed by atoms with Gasteiger partial charge in [0.25, 0.3) is 0 Å². The predicted molar refractivity (Wildman–Crippen MR) is 62.1 cm³/mol. The van der Waals surface area contributed by atoms with Crippen LogP contribution in [0.25, 0.3) is 0 Å². The third-order valence-electron chi connectivity index (χ3n) is 2.75. The summed E-state index contributed by atoms with van der Waals surface area (Å²) in [7, 11) is -1.49. The van der Waals surface area contributed by atoms with Gasteiger partial charge in [-0.15, -0.1) is 0 Å².